The van der Waals surface area contributed by atoms with Gasteiger partial charge in [-0.15, -0.1) is 0 Å². The van der Waals surface area contributed by atoms with Crippen molar-refractivity contribution in [2.75, 3.05) is 13.1 Å². The zero-order chi connectivity index (χ0) is 12.6. The van der Waals surface area contributed by atoms with Crippen LogP contribution in [0.3, 0.4) is 0 Å². The van der Waals surface area contributed by atoms with Gasteiger partial charge in [0.15, 0.2) is 0 Å². The van der Waals surface area contributed by atoms with E-state index in [4.69, 9.17) is 5.11 Å². The number of carbonyl (C=O) groups excluding carboxylic acids is 1. The summed E-state index contributed by atoms with van der Waals surface area (Å²) >= 11 is 0. The molecule has 16 heavy (non-hydrogen) atoms. The summed E-state index contributed by atoms with van der Waals surface area (Å²) in [6.07, 6.45) is -6.43. The summed E-state index contributed by atoms with van der Waals surface area (Å²) < 4.78 is 60.9. The number of piperidine rings is 1. The normalized spacial score (nSPS) is 23.4. The predicted octanol–water partition coefficient (Wildman–Crippen LogP) is 1.17. The molecule has 0 radical (unpaired) electrons. The molecule has 0 spiro atoms. The quantitative estimate of drug-likeness (QED) is 0.706. The summed E-state index contributed by atoms with van der Waals surface area (Å²) in [5, 5.41) is 9.08. The van der Waals surface area contributed by atoms with Gasteiger partial charge < -0.3 is 10.0 Å². The van der Waals surface area contributed by atoms with E-state index in [1.54, 1.807) is 0 Å². The molecule has 1 aliphatic heterocycles. The first-order valence-electron chi connectivity index (χ1n) is 4.58. The largest absolute Gasteiger partial charge is 0.463 e. The first-order valence-corrected chi connectivity index (χ1v) is 4.58. The number of aliphatic hydroxyl groups excluding tert-OH is 1. The van der Waals surface area contributed by atoms with Crippen molar-refractivity contribution >= 4 is 5.91 Å². The number of amides is 1. The Morgan fingerprint density at radius 2 is 1.81 bits per heavy atom. The number of hydrogen-bond donors (Lipinski definition) is 1. The van der Waals surface area contributed by atoms with Crippen molar-refractivity contribution in [3.05, 3.63) is 0 Å². The molecule has 3 nitrogen and oxygen atoms in total. The minimum atomic E-state index is -5.90. The van der Waals surface area contributed by atoms with Crippen LogP contribution in [0.15, 0.2) is 0 Å². The Morgan fingerprint density at radius 1 is 1.25 bits per heavy atom. The molecule has 0 aromatic carbocycles. The molecule has 0 unspecified atom stereocenters. The molecule has 0 aliphatic carbocycles. The average molecular weight is 247 g/mol. The second kappa shape index (κ2) is 4.15. The highest BCUT2D eigenvalue weighted by Crippen LogP contribution is 2.37. The number of nitrogens with zero attached hydrogens (tertiary/aromatic N) is 1. The number of hydrogen-bond acceptors (Lipinski definition) is 2. The van der Waals surface area contributed by atoms with Gasteiger partial charge in [-0.05, 0) is 12.8 Å². The van der Waals surface area contributed by atoms with Gasteiger partial charge in [-0.2, -0.15) is 22.0 Å². The van der Waals surface area contributed by atoms with Crippen LogP contribution in [0.25, 0.3) is 0 Å². The average Bonchev–Trinajstić information content (AvgIpc) is 2.14. The second-order valence-electron chi connectivity index (χ2n) is 3.62. The number of carbonyl (C=O) groups is 1. The molecule has 0 aromatic rings. The molecule has 94 valence electrons. The molecule has 1 heterocycles. The van der Waals surface area contributed by atoms with E-state index in [0.29, 0.717) is 11.3 Å². The van der Waals surface area contributed by atoms with E-state index in [2.05, 4.69) is 0 Å². The van der Waals surface area contributed by atoms with Crippen LogP contribution < -0.4 is 0 Å². The van der Waals surface area contributed by atoms with Gasteiger partial charge in [0.25, 0.3) is 0 Å². The Labute approximate surface area is 87.8 Å². The maximum Gasteiger partial charge on any atom is 0.463 e. The van der Waals surface area contributed by atoms with Gasteiger partial charge in [0.05, 0.1) is 6.10 Å². The number of aliphatic hydroxyl groups is 1. The van der Waals surface area contributed by atoms with Crippen LogP contribution in [0.2, 0.25) is 0 Å². The first-order chi connectivity index (χ1) is 7.16. The van der Waals surface area contributed by atoms with Gasteiger partial charge in [0, 0.05) is 13.1 Å². The summed E-state index contributed by atoms with van der Waals surface area (Å²) in [6, 6.07) is 0. The number of alkyl halides is 5. The Kier molecular flexibility index (Phi) is 3.41. The highest BCUT2D eigenvalue weighted by atomic mass is 19.4. The maximum absolute atomic E-state index is 12.6. The molecule has 0 saturated carbocycles. The topological polar surface area (TPSA) is 40.5 Å². The van der Waals surface area contributed by atoms with Gasteiger partial charge in [0.1, 0.15) is 0 Å². The van der Waals surface area contributed by atoms with Crippen molar-refractivity contribution in [3.63, 3.8) is 0 Å². The lowest BCUT2D eigenvalue weighted by molar-refractivity contribution is -0.275. The lowest BCUT2D eigenvalue weighted by Gasteiger charge is -2.32. The number of rotatable bonds is 1. The molecule has 1 atom stereocenters. The Bertz CT molecular complexity index is 278. The van der Waals surface area contributed by atoms with E-state index in [-0.39, 0.29) is 13.0 Å². The molecule has 1 fully saturated rings. The van der Waals surface area contributed by atoms with Gasteiger partial charge in [-0.3, -0.25) is 4.79 Å². The Balaban J connectivity index is 2.77. The van der Waals surface area contributed by atoms with E-state index in [9.17, 15) is 26.7 Å². The number of likely N-dealkylation sites (tertiary alicyclic amines) is 1. The molecule has 8 heteroatoms. The highest BCUT2D eigenvalue weighted by molar-refractivity contribution is 5.84. The molecular weight excluding hydrogens is 237 g/mol. The van der Waals surface area contributed by atoms with Crippen molar-refractivity contribution in [1.29, 1.82) is 0 Å². The van der Waals surface area contributed by atoms with Crippen LogP contribution in [0.5, 0.6) is 0 Å². The molecule has 1 rings (SSSR count). The SMILES string of the molecule is O=C(N1CCC[C@H](O)C1)C(F)(F)C(F)(F)F. The van der Waals surface area contributed by atoms with Crippen LogP contribution in [-0.2, 0) is 4.79 Å². The van der Waals surface area contributed by atoms with Crippen LogP contribution in [0.4, 0.5) is 22.0 Å². The third-order valence-electron chi connectivity index (χ3n) is 2.31. The number of β-amino-alcohol motifs (C(OH)–C–C–N with tert-alkyl or cyclic N) is 1. The van der Waals surface area contributed by atoms with Crippen LogP contribution in [0, 0.1) is 0 Å². The molecule has 1 amide bonds. The van der Waals surface area contributed by atoms with Crippen molar-refractivity contribution in [2.45, 2.75) is 31.0 Å². The van der Waals surface area contributed by atoms with E-state index < -0.39 is 30.7 Å². The van der Waals surface area contributed by atoms with Gasteiger partial charge in [0.2, 0.25) is 0 Å². The minimum absolute atomic E-state index is 0.193. The third-order valence-corrected chi connectivity index (χ3v) is 2.31. The summed E-state index contributed by atoms with van der Waals surface area (Å²) in [5.41, 5.74) is 0. The lowest BCUT2D eigenvalue weighted by atomic mass is 10.1. The molecule has 1 N–H and O–H groups in total. The molecule has 1 saturated heterocycles. The van der Waals surface area contributed by atoms with Gasteiger partial charge >= 0.3 is 18.0 Å². The van der Waals surface area contributed by atoms with Crippen molar-refractivity contribution in [1.82, 2.24) is 4.90 Å². The smallest absolute Gasteiger partial charge is 0.391 e. The minimum Gasteiger partial charge on any atom is -0.391 e. The van der Waals surface area contributed by atoms with E-state index in [1.807, 2.05) is 0 Å². The van der Waals surface area contributed by atoms with Crippen LogP contribution in [-0.4, -0.2) is 47.2 Å². The van der Waals surface area contributed by atoms with E-state index >= 15 is 0 Å². The highest BCUT2D eigenvalue weighted by Gasteiger charge is 2.64. The molecule has 1 aliphatic rings. The lowest BCUT2D eigenvalue weighted by Crippen LogP contribution is -2.55. The number of halogens is 5. The zero-order valence-electron chi connectivity index (χ0n) is 8.10. The van der Waals surface area contributed by atoms with Crippen molar-refractivity contribution < 1.29 is 31.9 Å². The zero-order valence-corrected chi connectivity index (χ0v) is 8.10. The fourth-order valence-electron chi connectivity index (χ4n) is 1.46. The molecular formula is C8H10F5NO2. The monoisotopic (exact) mass is 247 g/mol. The molecule has 0 bridgehead atoms. The van der Waals surface area contributed by atoms with E-state index in [0.717, 1.165) is 0 Å². The first kappa shape index (κ1) is 13.1. The standard InChI is InChI=1S/C8H10F5NO2/c9-7(10,8(11,12)13)6(16)14-3-1-2-5(15)4-14/h5,15H,1-4H2/t5-/m0/s1. The molecule has 0 aromatic heterocycles. The summed E-state index contributed by atoms with van der Waals surface area (Å²) in [5.74, 6) is -7.68. The Hall–Kier alpha value is -0.920. The fourth-order valence-corrected chi connectivity index (χ4v) is 1.46. The van der Waals surface area contributed by atoms with Crippen molar-refractivity contribution in [3.8, 4) is 0 Å². The fraction of sp³-hybridized carbons (Fsp3) is 0.875. The second-order valence-corrected chi connectivity index (χ2v) is 3.62. The van der Waals surface area contributed by atoms with E-state index in [1.165, 1.54) is 0 Å². The summed E-state index contributed by atoms with van der Waals surface area (Å²) in [7, 11) is 0. The summed E-state index contributed by atoms with van der Waals surface area (Å²) in [4.78, 5) is 11.3. The van der Waals surface area contributed by atoms with Crippen LogP contribution >= 0.6 is 0 Å². The summed E-state index contributed by atoms with van der Waals surface area (Å²) in [6.45, 7) is -0.675. The van der Waals surface area contributed by atoms with Crippen molar-refractivity contribution in [2.24, 2.45) is 0 Å². The maximum atomic E-state index is 12.6. The van der Waals surface area contributed by atoms with Crippen LogP contribution in [0.1, 0.15) is 12.8 Å². The van der Waals surface area contributed by atoms with Gasteiger partial charge in [-0.1, -0.05) is 0 Å². The Morgan fingerprint density at radius 3 is 2.25 bits per heavy atom. The van der Waals surface area contributed by atoms with Gasteiger partial charge in [-0.25, -0.2) is 0 Å². The predicted molar refractivity (Wildman–Crippen MR) is 42.8 cm³/mol. The third kappa shape index (κ3) is 2.42.